The largest absolute Gasteiger partial charge is 0.310 e. The minimum Gasteiger partial charge on any atom is -0.310 e. The van der Waals surface area contributed by atoms with Crippen molar-refractivity contribution in [2.75, 3.05) is 5.32 Å². The number of hydrogen-bond acceptors (Lipinski definition) is 6. The van der Waals surface area contributed by atoms with Gasteiger partial charge in [0, 0.05) is 29.3 Å². The lowest BCUT2D eigenvalue weighted by Crippen LogP contribution is -2.16. The number of aryl methyl sites for hydroxylation is 3. The first-order valence-corrected chi connectivity index (χ1v) is 9.63. The molecule has 8 heteroatoms. The van der Waals surface area contributed by atoms with Crippen molar-refractivity contribution in [3.05, 3.63) is 38.2 Å². The molecule has 0 bridgehead atoms. The van der Waals surface area contributed by atoms with Crippen LogP contribution in [-0.2, 0) is 24.1 Å². The average Bonchev–Trinajstić information content (AvgIpc) is 3.19. The first-order chi connectivity index (χ1) is 11.7. The molecule has 3 aromatic rings. The van der Waals surface area contributed by atoms with Gasteiger partial charge in [-0.3, -0.25) is 9.59 Å². The summed E-state index contributed by atoms with van der Waals surface area (Å²) in [5, 5.41) is 5.88. The van der Waals surface area contributed by atoms with E-state index in [0.29, 0.717) is 17.4 Å². The number of fused-ring (bicyclic) bond motifs is 3. The van der Waals surface area contributed by atoms with Crippen molar-refractivity contribution in [3.63, 3.8) is 0 Å². The van der Waals surface area contributed by atoms with Crippen LogP contribution < -0.4 is 10.9 Å². The predicted octanol–water partition coefficient (Wildman–Crippen LogP) is 2.89. The quantitative estimate of drug-likeness (QED) is 0.749. The number of aromatic amines is 1. The van der Waals surface area contributed by atoms with E-state index in [0.717, 1.165) is 29.5 Å². The molecule has 3 aromatic heterocycles. The molecule has 0 saturated carbocycles. The molecule has 1 aliphatic rings. The van der Waals surface area contributed by atoms with Crippen molar-refractivity contribution in [2.45, 2.75) is 38.5 Å². The molecule has 0 fully saturated rings. The van der Waals surface area contributed by atoms with E-state index in [1.165, 1.54) is 28.2 Å². The summed E-state index contributed by atoms with van der Waals surface area (Å²) < 4.78 is 0. The highest BCUT2D eigenvalue weighted by Gasteiger charge is 2.19. The molecule has 0 aliphatic heterocycles. The van der Waals surface area contributed by atoms with Crippen LogP contribution in [0.3, 0.4) is 0 Å². The predicted molar refractivity (Wildman–Crippen MR) is 95.9 cm³/mol. The zero-order chi connectivity index (χ0) is 16.5. The Hall–Kier alpha value is -2.06. The Morgan fingerprint density at radius 2 is 2.21 bits per heavy atom. The molecule has 1 aliphatic carbocycles. The lowest BCUT2D eigenvalue weighted by molar-refractivity contribution is -0.116. The molecule has 0 unspecified atom stereocenters. The van der Waals surface area contributed by atoms with Crippen molar-refractivity contribution in [3.8, 4) is 0 Å². The molecule has 4 rings (SSSR count). The van der Waals surface area contributed by atoms with E-state index < -0.39 is 0 Å². The van der Waals surface area contributed by atoms with E-state index in [1.807, 2.05) is 0 Å². The van der Waals surface area contributed by atoms with Crippen molar-refractivity contribution in [1.29, 1.82) is 0 Å². The van der Waals surface area contributed by atoms with Gasteiger partial charge < -0.3 is 10.3 Å². The fourth-order valence-electron chi connectivity index (χ4n) is 3.03. The van der Waals surface area contributed by atoms with E-state index in [1.54, 1.807) is 22.9 Å². The molecule has 24 heavy (non-hydrogen) atoms. The van der Waals surface area contributed by atoms with Gasteiger partial charge in [0.2, 0.25) is 5.91 Å². The van der Waals surface area contributed by atoms with E-state index in [9.17, 15) is 9.59 Å². The molecule has 3 heterocycles. The van der Waals surface area contributed by atoms with Gasteiger partial charge in [0.15, 0.2) is 5.13 Å². The van der Waals surface area contributed by atoms with Crippen molar-refractivity contribution >= 4 is 43.9 Å². The second-order valence-electron chi connectivity index (χ2n) is 5.79. The molecule has 0 radical (unpaired) electrons. The smallest absolute Gasteiger partial charge is 0.259 e. The number of nitrogens with one attached hydrogen (secondary N) is 2. The zero-order valence-corrected chi connectivity index (χ0v) is 14.6. The van der Waals surface area contributed by atoms with Gasteiger partial charge in [-0.05, 0) is 31.2 Å². The standard InChI is InChI=1S/C16H16N4O2S2/c21-12(20-16-17-7-8-23-16)6-5-11-18-14(22)13-9-3-1-2-4-10(9)24-15(13)19-11/h7-8H,1-6H2,(H,17,20,21)(H,18,19,22). The molecule has 0 aromatic carbocycles. The topological polar surface area (TPSA) is 87.7 Å². The van der Waals surface area contributed by atoms with Gasteiger partial charge in [0.05, 0.1) is 5.39 Å². The summed E-state index contributed by atoms with van der Waals surface area (Å²) in [4.78, 5) is 37.9. The number of thiophene rings is 1. The monoisotopic (exact) mass is 360 g/mol. The maximum atomic E-state index is 12.4. The molecule has 0 atom stereocenters. The van der Waals surface area contributed by atoms with Gasteiger partial charge in [-0.25, -0.2) is 9.97 Å². The fraction of sp³-hybridized carbons (Fsp3) is 0.375. The highest BCUT2D eigenvalue weighted by molar-refractivity contribution is 7.18. The van der Waals surface area contributed by atoms with Crippen LogP contribution in [0.2, 0.25) is 0 Å². The van der Waals surface area contributed by atoms with Gasteiger partial charge >= 0.3 is 0 Å². The van der Waals surface area contributed by atoms with E-state index in [4.69, 9.17) is 0 Å². The third kappa shape index (κ3) is 2.99. The van der Waals surface area contributed by atoms with Crippen LogP contribution in [-0.4, -0.2) is 20.9 Å². The summed E-state index contributed by atoms with van der Waals surface area (Å²) in [6, 6.07) is 0. The van der Waals surface area contributed by atoms with Crippen LogP contribution >= 0.6 is 22.7 Å². The van der Waals surface area contributed by atoms with Crippen LogP contribution in [0.1, 0.15) is 35.5 Å². The second kappa shape index (κ2) is 6.45. The van der Waals surface area contributed by atoms with Crippen LogP contribution in [0, 0.1) is 0 Å². The number of carbonyl (C=O) groups is 1. The maximum absolute atomic E-state index is 12.4. The van der Waals surface area contributed by atoms with Crippen molar-refractivity contribution in [2.24, 2.45) is 0 Å². The SMILES string of the molecule is O=C(CCc1nc2sc3c(c2c(=O)[nH]1)CCCC3)Nc1nccs1. The van der Waals surface area contributed by atoms with Gasteiger partial charge in [-0.1, -0.05) is 0 Å². The summed E-state index contributed by atoms with van der Waals surface area (Å²) in [6.07, 6.45) is 6.64. The molecule has 124 valence electrons. The van der Waals surface area contributed by atoms with Crippen molar-refractivity contribution < 1.29 is 4.79 Å². The van der Waals surface area contributed by atoms with Crippen molar-refractivity contribution in [1.82, 2.24) is 15.0 Å². The Balaban J connectivity index is 1.52. The van der Waals surface area contributed by atoms with Gasteiger partial charge in [0.1, 0.15) is 10.7 Å². The first-order valence-electron chi connectivity index (χ1n) is 7.93. The van der Waals surface area contributed by atoms with Gasteiger partial charge in [-0.2, -0.15) is 0 Å². The Morgan fingerprint density at radius 3 is 3.04 bits per heavy atom. The Labute approximate surface area is 146 Å². The lowest BCUT2D eigenvalue weighted by atomic mass is 9.97. The fourth-order valence-corrected chi connectivity index (χ4v) is 4.85. The highest BCUT2D eigenvalue weighted by Crippen LogP contribution is 2.33. The van der Waals surface area contributed by atoms with Crippen LogP contribution in [0.15, 0.2) is 16.4 Å². The van der Waals surface area contributed by atoms with Crippen LogP contribution in [0.4, 0.5) is 5.13 Å². The van der Waals surface area contributed by atoms with Crippen LogP contribution in [0.5, 0.6) is 0 Å². The van der Waals surface area contributed by atoms with E-state index >= 15 is 0 Å². The number of carbonyl (C=O) groups excluding carboxylic acids is 1. The number of nitrogens with zero attached hydrogens (tertiary/aromatic N) is 2. The molecule has 6 nitrogen and oxygen atoms in total. The number of thiazole rings is 1. The molecular formula is C16H16N4O2S2. The minimum atomic E-state index is -0.127. The first kappa shape index (κ1) is 15.5. The number of amides is 1. The van der Waals surface area contributed by atoms with E-state index in [2.05, 4.69) is 20.3 Å². The summed E-state index contributed by atoms with van der Waals surface area (Å²) in [5.41, 5.74) is 1.11. The summed E-state index contributed by atoms with van der Waals surface area (Å²) in [6.45, 7) is 0. The number of H-pyrrole nitrogens is 1. The third-order valence-corrected chi connectivity index (χ3v) is 6.02. The Kier molecular flexibility index (Phi) is 4.15. The van der Waals surface area contributed by atoms with Gasteiger partial charge in [0.25, 0.3) is 5.56 Å². The highest BCUT2D eigenvalue weighted by atomic mass is 32.1. The third-order valence-electron chi connectivity index (χ3n) is 4.14. The number of rotatable bonds is 4. The second-order valence-corrected chi connectivity index (χ2v) is 7.77. The molecule has 0 spiro atoms. The van der Waals surface area contributed by atoms with E-state index in [-0.39, 0.29) is 17.9 Å². The summed E-state index contributed by atoms with van der Waals surface area (Å²) in [7, 11) is 0. The Bertz CT molecular complexity index is 943. The number of hydrogen-bond donors (Lipinski definition) is 2. The maximum Gasteiger partial charge on any atom is 0.259 e. The molecule has 0 saturated heterocycles. The summed E-state index contributed by atoms with van der Waals surface area (Å²) >= 11 is 3.00. The van der Waals surface area contributed by atoms with Gasteiger partial charge in [-0.15, -0.1) is 22.7 Å². The number of anilines is 1. The lowest BCUT2D eigenvalue weighted by Gasteiger charge is -2.09. The number of aromatic nitrogens is 3. The van der Waals surface area contributed by atoms with Crippen LogP contribution in [0.25, 0.3) is 10.2 Å². The Morgan fingerprint density at radius 1 is 1.33 bits per heavy atom. The molecule has 2 N–H and O–H groups in total. The zero-order valence-electron chi connectivity index (χ0n) is 12.9. The normalized spacial score (nSPS) is 13.8. The average molecular weight is 360 g/mol. The molecular weight excluding hydrogens is 344 g/mol. The molecule has 1 amide bonds. The summed E-state index contributed by atoms with van der Waals surface area (Å²) in [5.74, 6) is 0.443. The minimum absolute atomic E-state index is 0.0743.